The highest BCUT2D eigenvalue weighted by atomic mass is 35.5. The van der Waals surface area contributed by atoms with Gasteiger partial charge < -0.3 is 10.6 Å². The second-order valence-corrected chi connectivity index (χ2v) is 5.70. The maximum absolute atomic E-state index is 12.3. The number of hydrogen-bond donors (Lipinski definition) is 2. The molecule has 0 bridgehead atoms. The van der Waals surface area contributed by atoms with Crippen molar-refractivity contribution >= 4 is 35.0 Å². The van der Waals surface area contributed by atoms with E-state index >= 15 is 0 Å². The number of alkyl halides is 2. The smallest absolute Gasteiger partial charge is 0.247 e. The molecular weight excluding hydrogens is 306 g/mol. The first-order chi connectivity index (χ1) is 9.45. The molecule has 1 atom stereocenters. The Bertz CT molecular complexity index is 460. The summed E-state index contributed by atoms with van der Waals surface area (Å²) in [5.41, 5.74) is 0.469. The summed E-state index contributed by atoms with van der Waals surface area (Å²) >= 11 is 6.94. The van der Waals surface area contributed by atoms with Crippen LogP contribution in [0.25, 0.3) is 0 Å². The Morgan fingerprint density at radius 2 is 2.15 bits per heavy atom. The molecule has 1 unspecified atom stereocenters. The van der Waals surface area contributed by atoms with Crippen LogP contribution >= 0.6 is 23.4 Å². The molecular formula is C13H17ClF2N2OS. The third kappa shape index (κ3) is 5.26. The van der Waals surface area contributed by atoms with Gasteiger partial charge in [0.25, 0.3) is 0 Å². The lowest BCUT2D eigenvalue weighted by molar-refractivity contribution is -0.119. The number of halogens is 3. The molecule has 2 N–H and O–H groups in total. The molecule has 0 saturated carbocycles. The van der Waals surface area contributed by atoms with Gasteiger partial charge in [-0.25, -0.2) is 8.78 Å². The molecule has 0 saturated heterocycles. The fourth-order valence-corrected chi connectivity index (χ4v) is 2.67. The van der Waals surface area contributed by atoms with Crippen LogP contribution in [-0.4, -0.2) is 31.7 Å². The van der Waals surface area contributed by atoms with Crippen molar-refractivity contribution in [2.45, 2.75) is 18.2 Å². The molecule has 0 aliphatic rings. The molecule has 0 aliphatic carbocycles. The van der Waals surface area contributed by atoms with Crippen molar-refractivity contribution in [3.8, 4) is 0 Å². The van der Waals surface area contributed by atoms with E-state index in [0.29, 0.717) is 22.2 Å². The number of thioether (sulfide) groups is 1. The first-order valence-electron chi connectivity index (χ1n) is 6.10. The van der Waals surface area contributed by atoms with Gasteiger partial charge in [-0.15, -0.1) is 11.8 Å². The zero-order valence-corrected chi connectivity index (χ0v) is 12.8. The zero-order chi connectivity index (χ0) is 15.1. The van der Waals surface area contributed by atoms with E-state index in [1.54, 1.807) is 32.2 Å². The molecule has 112 valence electrons. The zero-order valence-electron chi connectivity index (χ0n) is 11.3. The van der Waals surface area contributed by atoms with Gasteiger partial charge in [0.2, 0.25) is 12.3 Å². The van der Waals surface area contributed by atoms with Gasteiger partial charge in [0.1, 0.15) is 0 Å². The SMILES string of the molecule is CNCC(C)C(=O)Nc1cccc(Cl)c1SCC(F)F. The second kappa shape index (κ2) is 8.44. The number of hydrogen-bond acceptors (Lipinski definition) is 3. The summed E-state index contributed by atoms with van der Waals surface area (Å²) in [4.78, 5) is 12.4. The Morgan fingerprint density at radius 3 is 2.75 bits per heavy atom. The average Bonchev–Trinajstić information content (AvgIpc) is 2.38. The molecule has 0 spiro atoms. The highest BCUT2D eigenvalue weighted by Crippen LogP contribution is 2.35. The lowest BCUT2D eigenvalue weighted by Gasteiger charge is -2.15. The van der Waals surface area contributed by atoms with Crippen LogP contribution in [0.1, 0.15) is 6.92 Å². The van der Waals surface area contributed by atoms with Crippen molar-refractivity contribution in [1.82, 2.24) is 5.32 Å². The van der Waals surface area contributed by atoms with Gasteiger partial charge in [-0.2, -0.15) is 0 Å². The van der Waals surface area contributed by atoms with E-state index < -0.39 is 6.43 Å². The van der Waals surface area contributed by atoms with E-state index in [0.717, 1.165) is 11.8 Å². The minimum Gasteiger partial charge on any atom is -0.325 e. The van der Waals surface area contributed by atoms with Crippen LogP contribution in [0.4, 0.5) is 14.5 Å². The van der Waals surface area contributed by atoms with E-state index in [-0.39, 0.29) is 17.6 Å². The van der Waals surface area contributed by atoms with Crippen LogP contribution < -0.4 is 10.6 Å². The molecule has 7 heteroatoms. The van der Waals surface area contributed by atoms with Crippen molar-refractivity contribution in [3.63, 3.8) is 0 Å². The van der Waals surface area contributed by atoms with Crippen molar-refractivity contribution in [1.29, 1.82) is 0 Å². The van der Waals surface area contributed by atoms with Gasteiger partial charge in [0, 0.05) is 17.4 Å². The molecule has 20 heavy (non-hydrogen) atoms. The van der Waals surface area contributed by atoms with Crippen LogP contribution in [-0.2, 0) is 4.79 Å². The maximum Gasteiger partial charge on any atom is 0.247 e. The third-order valence-corrected chi connectivity index (χ3v) is 4.11. The summed E-state index contributed by atoms with van der Waals surface area (Å²) in [7, 11) is 1.76. The summed E-state index contributed by atoms with van der Waals surface area (Å²) in [6.07, 6.45) is -2.43. The molecule has 0 fully saturated rings. The van der Waals surface area contributed by atoms with Crippen LogP contribution in [0, 0.1) is 5.92 Å². The van der Waals surface area contributed by atoms with Gasteiger partial charge in [0.15, 0.2) is 0 Å². The largest absolute Gasteiger partial charge is 0.325 e. The molecule has 1 aromatic rings. The molecule has 3 nitrogen and oxygen atoms in total. The fraction of sp³-hybridized carbons (Fsp3) is 0.462. The highest BCUT2D eigenvalue weighted by Gasteiger charge is 2.16. The van der Waals surface area contributed by atoms with E-state index in [4.69, 9.17) is 11.6 Å². The van der Waals surface area contributed by atoms with Gasteiger partial charge in [-0.3, -0.25) is 4.79 Å². The highest BCUT2D eigenvalue weighted by molar-refractivity contribution is 7.99. The Hall–Kier alpha value is -0.850. The number of anilines is 1. The molecule has 0 radical (unpaired) electrons. The number of carbonyl (C=O) groups excluding carboxylic acids is 1. The molecule has 1 aromatic carbocycles. The van der Waals surface area contributed by atoms with Crippen molar-refractivity contribution < 1.29 is 13.6 Å². The summed E-state index contributed by atoms with van der Waals surface area (Å²) in [5, 5.41) is 6.00. The molecule has 0 heterocycles. The average molecular weight is 323 g/mol. The number of amides is 1. The monoisotopic (exact) mass is 322 g/mol. The van der Waals surface area contributed by atoms with E-state index in [2.05, 4.69) is 10.6 Å². The van der Waals surface area contributed by atoms with Crippen LogP contribution in [0.15, 0.2) is 23.1 Å². The van der Waals surface area contributed by atoms with E-state index in [1.165, 1.54) is 0 Å². The lowest BCUT2D eigenvalue weighted by atomic mass is 10.1. The first kappa shape index (κ1) is 17.2. The lowest BCUT2D eigenvalue weighted by Crippen LogP contribution is -2.28. The molecule has 0 aromatic heterocycles. The third-order valence-electron chi connectivity index (χ3n) is 2.54. The number of benzene rings is 1. The van der Waals surface area contributed by atoms with Gasteiger partial charge in [-0.1, -0.05) is 24.6 Å². The number of carbonyl (C=O) groups is 1. The van der Waals surface area contributed by atoms with Crippen LogP contribution in [0.5, 0.6) is 0 Å². The Balaban J connectivity index is 2.83. The fourth-order valence-electron chi connectivity index (χ4n) is 1.56. The minimum absolute atomic E-state index is 0.180. The first-order valence-corrected chi connectivity index (χ1v) is 7.47. The Morgan fingerprint density at radius 1 is 1.45 bits per heavy atom. The Kier molecular flexibility index (Phi) is 7.26. The van der Waals surface area contributed by atoms with Gasteiger partial charge >= 0.3 is 0 Å². The van der Waals surface area contributed by atoms with E-state index in [9.17, 15) is 13.6 Å². The van der Waals surface area contributed by atoms with E-state index in [1.807, 2.05) is 0 Å². The van der Waals surface area contributed by atoms with Crippen molar-refractivity contribution in [3.05, 3.63) is 23.2 Å². The predicted octanol–water partition coefficient (Wildman–Crippen LogP) is 3.49. The van der Waals surface area contributed by atoms with Crippen LogP contribution in [0.2, 0.25) is 5.02 Å². The Labute approximate surface area is 126 Å². The molecule has 0 aliphatic heterocycles. The standard InChI is InChI=1S/C13H17ClF2N2OS/c1-8(6-17-2)13(19)18-10-5-3-4-9(14)12(10)20-7-11(15)16/h3-5,8,11,17H,6-7H2,1-2H3,(H,18,19). The summed E-state index contributed by atoms with van der Waals surface area (Å²) in [6.45, 7) is 2.31. The molecule has 1 rings (SSSR count). The summed E-state index contributed by atoms with van der Waals surface area (Å²) < 4.78 is 24.6. The topological polar surface area (TPSA) is 41.1 Å². The maximum atomic E-state index is 12.3. The second-order valence-electron chi connectivity index (χ2n) is 4.27. The number of nitrogens with one attached hydrogen (secondary N) is 2. The van der Waals surface area contributed by atoms with Crippen molar-refractivity contribution in [2.75, 3.05) is 24.7 Å². The van der Waals surface area contributed by atoms with Gasteiger partial charge in [0.05, 0.1) is 16.5 Å². The van der Waals surface area contributed by atoms with Crippen LogP contribution in [0.3, 0.4) is 0 Å². The van der Waals surface area contributed by atoms with Crippen molar-refractivity contribution in [2.24, 2.45) is 5.92 Å². The minimum atomic E-state index is -2.43. The predicted molar refractivity (Wildman–Crippen MR) is 79.9 cm³/mol. The van der Waals surface area contributed by atoms with Gasteiger partial charge in [-0.05, 0) is 19.2 Å². The number of rotatable bonds is 7. The normalized spacial score (nSPS) is 12.5. The summed E-state index contributed by atoms with van der Waals surface area (Å²) in [6, 6.07) is 4.94. The quantitative estimate of drug-likeness (QED) is 0.755. The molecule has 1 amide bonds. The summed E-state index contributed by atoms with van der Waals surface area (Å²) in [5.74, 6) is -0.772.